The molecule has 1 aliphatic heterocycles. The fraction of sp³-hybridized carbons (Fsp3) is 0.250. The average Bonchev–Trinajstić information content (AvgIpc) is 3.41. The highest BCUT2D eigenvalue weighted by Crippen LogP contribution is 2.37. The van der Waals surface area contributed by atoms with Gasteiger partial charge in [0.2, 0.25) is 0 Å². The quantitative estimate of drug-likeness (QED) is 0.237. The molecule has 4 atom stereocenters. The molecule has 36 heavy (non-hydrogen) atoms. The van der Waals surface area contributed by atoms with Gasteiger partial charge < -0.3 is 25.4 Å². The molecule has 1 aliphatic rings. The maximum Gasteiger partial charge on any atom is 0.324 e. The number of rotatable bonds is 7. The zero-order valence-electron chi connectivity index (χ0n) is 18.9. The van der Waals surface area contributed by atoms with Gasteiger partial charge in [-0.15, -0.1) is 0 Å². The number of nitrogens with zero attached hydrogens (tertiary/aromatic N) is 4. The minimum atomic E-state index is -1.33. The maximum atomic E-state index is 12.6. The molecule has 5 rings (SSSR count). The van der Waals surface area contributed by atoms with Gasteiger partial charge in [-0.1, -0.05) is 60.3 Å². The molecule has 2 amide bonds. The number of nitrogens with one attached hydrogen (secondary N) is 2. The number of aromatic nitrogens is 4. The maximum absolute atomic E-state index is 12.6. The lowest BCUT2D eigenvalue weighted by molar-refractivity contribution is -0.0548. The number of thioether (sulfide) groups is 1. The van der Waals surface area contributed by atoms with E-state index in [-0.39, 0.29) is 11.3 Å². The van der Waals surface area contributed by atoms with Crippen molar-refractivity contribution in [2.75, 3.05) is 17.2 Å². The van der Waals surface area contributed by atoms with E-state index in [2.05, 4.69) is 25.6 Å². The molecule has 1 saturated heterocycles. The number of para-hydroxylation sites is 1. The Bertz CT molecular complexity index is 1340. The summed E-state index contributed by atoms with van der Waals surface area (Å²) in [7, 11) is 0. The summed E-state index contributed by atoms with van der Waals surface area (Å²) in [5.74, 6) is 0.726. The van der Waals surface area contributed by atoms with E-state index < -0.39 is 37.2 Å². The van der Waals surface area contributed by atoms with Gasteiger partial charge in [0.1, 0.15) is 24.6 Å². The first-order chi connectivity index (χ1) is 17.5. The second-order valence-corrected chi connectivity index (χ2v) is 9.05. The van der Waals surface area contributed by atoms with Crippen LogP contribution in [-0.4, -0.2) is 65.8 Å². The highest BCUT2D eigenvalue weighted by molar-refractivity contribution is 7.98. The van der Waals surface area contributed by atoms with Crippen molar-refractivity contribution in [2.45, 2.75) is 35.4 Å². The Kier molecular flexibility index (Phi) is 7.11. The summed E-state index contributed by atoms with van der Waals surface area (Å²) in [5, 5.41) is 36.5. The summed E-state index contributed by atoms with van der Waals surface area (Å²) in [4.78, 5) is 25.8. The largest absolute Gasteiger partial charge is 0.394 e. The van der Waals surface area contributed by atoms with Crippen LogP contribution in [0.3, 0.4) is 0 Å². The van der Waals surface area contributed by atoms with Gasteiger partial charge in [0, 0.05) is 11.4 Å². The monoisotopic (exact) mass is 508 g/mol. The first-order valence-corrected chi connectivity index (χ1v) is 12.2. The standard InChI is InChI=1S/C24H24N6O5S/c31-11-16-18(32)19(33)22(35-16)30-21-17(28-24(30)36-12-14-7-3-1-4-8-14)20(25-13-26-21)29-23(34)27-15-9-5-2-6-10-15/h1-10,13,16,18-19,22,31-33H,11-12H2,(H2,25,26,27,29,34)/t16-,18-,19-,22-/m1/s1. The molecule has 1 fully saturated rings. The number of amides is 2. The Balaban J connectivity index is 1.50. The number of anilines is 2. The fourth-order valence-electron chi connectivity index (χ4n) is 3.92. The van der Waals surface area contributed by atoms with Crippen LogP contribution >= 0.6 is 11.8 Å². The van der Waals surface area contributed by atoms with E-state index in [1.807, 2.05) is 36.4 Å². The normalized spacial score (nSPS) is 21.5. The highest BCUT2D eigenvalue weighted by atomic mass is 32.2. The predicted molar refractivity (Wildman–Crippen MR) is 133 cm³/mol. The van der Waals surface area contributed by atoms with E-state index >= 15 is 0 Å². The van der Waals surface area contributed by atoms with E-state index in [9.17, 15) is 20.1 Å². The molecule has 4 aromatic rings. The number of ether oxygens (including phenoxy) is 1. The molecular weight excluding hydrogens is 484 g/mol. The molecular formula is C24H24N6O5S. The average molecular weight is 509 g/mol. The molecule has 0 aliphatic carbocycles. The van der Waals surface area contributed by atoms with Gasteiger partial charge in [0.05, 0.1) is 6.61 Å². The Morgan fingerprint density at radius 1 is 1.00 bits per heavy atom. The number of imidazole rings is 1. The topological polar surface area (TPSA) is 155 Å². The summed E-state index contributed by atoms with van der Waals surface area (Å²) < 4.78 is 7.34. The van der Waals surface area contributed by atoms with Gasteiger partial charge in [0.15, 0.2) is 28.4 Å². The fourth-order valence-corrected chi connectivity index (χ4v) is 4.89. The van der Waals surface area contributed by atoms with Crippen LogP contribution in [0.15, 0.2) is 72.1 Å². The van der Waals surface area contributed by atoms with Crippen molar-refractivity contribution in [2.24, 2.45) is 0 Å². The summed E-state index contributed by atoms with van der Waals surface area (Å²) in [6.07, 6.45) is -3.37. The summed E-state index contributed by atoms with van der Waals surface area (Å²) in [5.41, 5.74) is 2.24. The molecule has 186 valence electrons. The number of hydrogen-bond donors (Lipinski definition) is 5. The third-order valence-electron chi connectivity index (χ3n) is 5.69. The van der Waals surface area contributed by atoms with Gasteiger partial charge in [-0.25, -0.2) is 19.7 Å². The van der Waals surface area contributed by atoms with Crippen molar-refractivity contribution < 1.29 is 24.9 Å². The summed E-state index contributed by atoms with van der Waals surface area (Å²) >= 11 is 1.38. The number of fused-ring (bicyclic) bond motifs is 1. The zero-order chi connectivity index (χ0) is 25.1. The van der Waals surface area contributed by atoms with Crippen molar-refractivity contribution >= 4 is 40.5 Å². The number of aliphatic hydroxyl groups is 3. The molecule has 2 aromatic heterocycles. The molecule has 0 bridgehead atoms. The minimum absolute atomic E-state index is 0.167. The van der Waals surface area contributed by atoms with E-state index in [1.165, 1.54) is 18.1 Å². The minimum Gasteiger partial charge on any atom is -0.394 e. The first-order valence-electron chi connectivity index (χ1n) is 11.2. The number of urea groups is 1. The number of carbonyl (C=O) groups is 1. The number of aliphatic hydroxyl groups excluding tert-OH is 3. The zero-order valence-corrected chi connectivity index (χ0v) is 19.7. The van der Waals surface area contributed by atoms with Gasteiger partial charge in [-0.2, -0.15) is 0 Å². The molecule has 2 aromatic carbocycles. The van der Waals surface area contributed by atoms with E-state index in [0.29, 0.717) is 22.2 Å². The first kappa shape index (κ1) is 24.2. The van der Waals surface area contributed by atoms with Gasteiger partial charge in [-0.05, 0) is 17.7 Å². The Hall–Kier alpha value is -3.55. The number of carbonyl (C=O) groups excluding carboxylic acids is 1. The lowest BCUT2D eigenvalue weighted by Gasteiger charge is -2.19. The van der Waals surface area contributed by atoms with Crippen LogP contribution in [0.2, 0.25) is 0 Å². The van der Waals surface area contributed by atoms with Gasteiger partial charge in [-0.3, -0.25) is 9.88 Å². The third-order valence-corrected chi connectivity index (χ3v) is 6.71. The van der Waals surface area contributed by atoms with Gasteiger partial charge in [0.25, 0.3) is 0 Å². The highest BCUT2D eigenvalue weighted by Gasteiger charge is 2.45. The summed E-state index contributed by atoms with van der Waals surface area (Å²) in [6.45, 7) is -0.463. The van der Waals surface area contributed by atoms with Crippen LogP contribution in [-0.2, 0) is 10.5 Å². The lowest BCUT2D eigenvalue weighted by atomic mass is 10.1. The van der Waals surface area contributed by atoms with Crippen LogP contribution in [0.25, 0.3) is 11.2 Å². The molecule has 11 nitrogen and oxygen atoms in total. The van der Waals surface area contributed by atoms with Crippen molar-refractivity contribution in [3.8, 4) is 0 Å². The van der Waals surface area contributed by atoms with Crippen molar-refractivity contribution in [3.63, 3.8) is 0 Å². The molecule has 5 N–H and O–H groups in total. The number of benzene rings is 2. The van der Waals surface area contributed by atoms with Crippen LogP contribution in [0.1, 0.15) is 11.8 Å². The Morgan fingerprint density at radius 2 is 1.72 bits per heavy atom. The van der Waals surface area contributed by atoms with Crippen LogP contribution in [0.4, 0.5) is 16.3 Å². The molecule has 3 heterocycles. The summed E-state index contributed by atoms with van der Waals surface area (Å²) in [6, 6.07) is 18.2. The molecule has 0 radical (unpaired) electrons. The van der Waals surface area contributed by atoms with Crippen molar-refractivity contribution in [1.29, 1.82) is 0 Å². The van der Waals surface area contributed by atoms with Gasteiger partial charge >= 0.3 is 6.03 Å². The molecule has 0 unspecified atom stereocenters. The lowest BCUT2D eigenvalue weighted by Crippen LogP contribution is -2.33. The number of hydrogen-bond acceptors (Lipinski definition) is 9. The molecule has 12 heteroatoms. The van der Waals surface area contributed by atoms with Crippen molar-refractivity contribution in [3.05, 3.63) is 72.6 Å². The SMILES string of the molecule is O=C(Nc1ccccc1)Nc1ncnc2c1nc(SCc1ccccc1)n2[C@@H]1O[C@H](CO)[C@@H](O)[C@H]1O. The predicted octanol–water partition coefficient (Wildman–Crippen LogP) is 2.37. The second kappa shape index (κ2) is 10.6. The van der Waals surface area contributed by atoms with Crippen LogP contribution in [0, 0.1) is 0 Å². The third kappa shape index (κ3) is 4.90. The van der Waals surface area contributed by atoms with Crippen molar-refractivity contribution in [1.82, 2.24) is 19.5 Å². The smallest absolute Gasteiger partial charge is 0.324 e. The Labute approximate surface area is 210 Å². The molecule has 0 spiro atoms. The van der Waals surface area contributed by atoms with E-state index in [0.717, 1.165) is 5.56 Å². The van der Waals surface area contributed by atoms with E-state index in [1.54, 1.807) is 28.8 Å². The van der Waals surface area contributed by atoms with Crippen LogP contribution < -0.4 is 10.6 Å². The van der Waals surface area contributed by atoms with Crippen LogP contribution in [0.5, 0.6) is 0 Å². The van der Waals surface area contributed by atoms with E-state index in [4.69, 9.17) is 4.74 Å². The Morgan fingerprint density at radius 3 is 2.42 bits per heavy atom. The second-order valence-electron chi connectivity index (χ2n) is 8.11. The molecule has 0 saturated carbocycles.